The highest BCUT2D eigenvalue weighted by Crippen LogP contribution is 2.37. The first-order valence-corrected chi connectivity index (χ1v) is 10.6. The van der Waals surface area contributed by atoms with Crippen molar-refractivity contribution < 1.29 is 4.74 Å². The van der Waals surface area contributed by atoms with Gasteiger partial charge in [-0.15, -0.1) is 0 Å². The second-order valence-electron chi connectivity index (χ2n) is 8.43. The van der Waals surface area contributed by atoms with E-state index in [-0.39, 0.29) is 11.1 Å². The predicted octanol–water partition coefficient (Wildman–Crippen LogP) is 3.67. The summed E-state index contributed by atoms with van der Waals surface area (Å²) < 4.78 is 9.64. The summed E-state index contributed by atoms with van der Waals surface area (Å²) in [6.07, 6.45) is 5.27. The summed E-state index contributed by atoms with van der Waals surface area (Å²) in [5, 5.41) is 0.755. The molecule has 32 heavy (non-hydrogen) atoms. The Labute approximate surface area is 186 Å². The van der Waals surface area contributed by atoms with Gasteiger partial charge in [0.1, 0.15) is 11.3 Å². The van der Waals surface area contributed by atoms with Gasteiger partial charge in [-0.3, -0.25) is 9.59 Å². The molecule has 7 heteroatoms. The Bertz CT molecular complexity index is 1390. The van der Waals surface area contributed by atoms with E-state index < -0.39 is 0 Å². The quantitative estimate of drug-likeness (QED) is 0.505. The lowest BCUT2D eigenvalue weighted by Gasteiger charge is -2.18. The van der Waals surface area contributed by atoms with Crippen LogP contribution in [0.4, 0.5) is 0 Å². The molecule has 3 aromatic heterocycles. The normalized spacial score (nSPS) is 11.4. The number of rotatable bonds is 6. The minimum absolute atomic E-state index is 0.117. The minimum atomic E-state index is -0.120. The maximum absolute atomic E-state index is 13.0. The molecule has 0 fully saturated rings. The lowest BCUT2D eigenvalue weighted by molar-refractivity contribution is 0.378. The number of hydrogen-bond acceptors (Lipinski definition) is 4. The molecule has 0 saturated heterocycles. The number of nitrogens with zero attached hydrogens (tertiary/aromatic N) is 3. The van der Waals surface area contributed by atoms with Crippen LogP contribution < -0.4 is 15.9 Å². The summed E-state index contributed by atoms with van der Waals surface area (Å²) in [7, 11) is 5.65. The van der Waals surface area contributed by atoms with E-state index in [2.05, 4.69) is 4.98 Å². The lowest BCUT2D eigenvalue weighted by atomic mass is 10.0. The van der Waals surface area contributed by atoms with Gasteiger partial charge in [-0.25, -0.2) is 0 Å². The first-order valence-electron chi connectivity index (χ1n) is 10.6. The largest absolute Gasteiger partial charge is 0.455 e. The highest BCUT2D eigenvalue weighted by Gasteiger charge is 2.18. The van der Waals surface area contributed by atoms with Crippen molar-refractivity contribution in [2.45, 2.75) is 20.4 Å². The van der Waals surface area contributed by atoms with Crippen LogP contribution in [0.2, 0.25) is 0 Å². The number of aromatic amines is 1. The molecular formula is C25H28N4O3. The molecule has 4 rings (SSSR count). The number of aryl methyl sites for hydroxylation is 3. The van der Waals surface area contributed by atoms with E-state index >= 15 is 0 Å². The van der Waals surface area contributed by atoms with Crippen LogP contribution in [0.15, 0.2) is 58.5 Å². The zero-order valence-corrected chi connectivity index (χ0v) is 19.1. The number of ether oxygens (including phenoxy) is 1. The summed E-state index contributed by atoms with van der Waals surface area (Å²) in [5.41, 5.74) is 3.70. The van der Waals surface area contributed by atoms with Crippen molar-refractivity contribution in [2.24, 2.45) is 7.05 Å². The van der Waals surface area contributed by atoms with E-state index in [4.69, 9.17) is 4.74 Å². The number of hydrogen-bond donors (Lipinski definition) is 1. The van der Waals surface area contributed by atoms with E-state index in [1.807, 2.05) is 57.1 Å². The minimum Gasteiger partial charge on any atom is -0.455 e. The number of aromatic nitrogens is 3. The van der Waals surface area contributed by atoms with E-state index in [9.17, 15) is 9.59 Å². The molecule has 3 heterocycles. The third-order valence-electron chi connectivity index (χ3n) is 5.68. The summed E-state index contributed by atoms with van der Waals surface area (Å²) in [6.45, 7) is 5.27. The number of likely N-dealkylation sites (N-methyl/N-ethyl adjacent to an activating group) is 1. The molecule has 0 atom stereocenters. The molecule has 1 aromatic carbocycles. The Kier molecular flexibility index (Phi) is 5.76. The van der Waals surface area contributed by atoms with Gasteiger partial charge in [0.25, 0.3) is 11.1 Å². The van der Waals surface area contributed by atoms with Crippen LogP contribution in [-0.4, -0.2) is 39.7 Å². The second kappa shape index (κ2) is 8.51. The summed E-state index contributed by atoms with van der Waals surface area (Å²) >= 11 is 0. The van der Waals surface area contributed by atoms with Crippen LogP contribution in [0.5, 0.6) is 11.5 Å². The van der Waals surface area contributed by atoms with Crippen LogP contribution in [0, 0.1) is 13.8 Å². The third kappa shape index (κ3) is 3.99. The SMILES string of the molecule is Cc1cccc(C)c1Oc1cn(CCN(C)C)c(=O)cc1-c1cn(C)c(=O)c2[nH]ccc12. The molecule has 0 saturated carbocycles. The monoisotopic (exact) mass is 432 g/mol. The number of fused-ring (bicyclic) bond motifs is 1. The average molecular weight is 433 g/mol. The molecule has 1 N–H and O–H groups in total. The standard InChI is InChI=1S/C25H28N4O3/c1-16-7-6-8-17(2)24(16)32-21-15-29(12-11-27(3)4)22(30)13-19(21)20-14-28(5)25(31)23-18(20)9-10-26-23/h6-10,13-15,26H,11-12H2,1-5H3. The van der Waals surface area contributed by atoms with E-state index in [0.29, 0.717) is 23.4 Å². The number of pyridine rings is 2. The maximum Gasteiger partial charge on any atom is 0.274 e. The molecular weight excluding hydrogens is 404 g/mol. The smallest absolute Gasteiger partial charge is 0.274 e. The molecule has 4 aromatic rings. The van der Waals surface area contributed by atoms with Crippen molar-refractivity contribution in [1.29, 1.82) is 0 Å². The number of benzene rings is 1. The van der Waals surface area contributed by atoms with Gasteiger partial charge in [0, 0.05) is 55.1 Å². The summed E-state index contributed by atoms with van der Waals surface area (Å²) in [4.78, 5) is 30.6. The van der Waals surface area contributed by atoms with Gasteiger partial charge in [-0.05, 0) is 45.1 Å². The first-order chi connectivity index (χ1) is 15.3. The van der Waals surface area contributed by atoms with Gasteiger partial charge < -0.3 is 23.8 Å². The topological polar surface area (TPSA) is 72.3 Å². The maximum atomic E-state index is 13.0. The van der Waals surface area contributed by atoms with Crippen molar-refractivity contribution in [3.63, 3.8) is 0 Å². The zero-order valence-electron chi connectivity index (χ0n) is 19.1. The fraction of sp³-hybridized carbons (Fsp3) is 0.280. The highest BCUT2D eigenvalue weighted by molar-refractivity contribution is 5.95. The predicted molar refractivity (Wildman–Crippen MR) is 128 cm³/mol. The van der Waals surface area contributed by atoms with Crippen molar-refractivity contribution >= 4 is 10.9 Å². The lowest BCUT2D eigenvalue weighted by Crippen LogP contribution is -2.26. The summed E-state index contributed by atoms with van der Waals surface area (Å²) in [6, 6.07) is 9.45. The molecule has 0 spiro atoms. The molecule has 166 valence electrons. The molecule has 7 nitrogen and oxygen atoms in total. The Hall–Kier alpha value is -3.58. The van der Waals surface area contributed by atoms with Crippen molar-refractivity contribution in [3.05, 3.63) is 80.8 Å². The van der Waals surface area contributed by atoms with E-state index in [0.717, 1.165) is 34.4 Å². The first kappa shape index (κ1) is 21.6. The third-order valence-corrected chi connectivity index (χ3v) is 5.68. The second-order valence-corrected chi connectivity index (χ2v) is 8.43. The van der Waals surface area contributed by atoms with E-state index in [1.165, 1.54) is 4.57 Å². The molecule has 0 aliphatic rings. The van der Waals surface area contributed by atoms with Crippen molar-refractivity contribution in [3.8, 4) is 22.6 Å². The average Bonchev–Trinajstić information content (AvgIpc) is 3.23. The highest BCUT2D eigenvalue weighted by atomic mass is 16.5. The Morgan fingerprint density at radius 1 is 1.03 bits per heavy atom. The molecule has 0 unspecified atom stereocenters. The van der Waals surface area contributed by atoms with Gasteiger partial charge in [-0.1, -0.05) is 18.2 Å². The molecule has 0 amide bonds. The van der Waals surface area contributed by atoms with Crippen molar-refractivity contribution in [1.82, 2.24) is 19.0 Å². The van der Waals surface area contributed by atoms with Gasteiger partial charge >= 0.3 is 0 Å². The Balaban J connectivity index is 1.95. The van der Waals surface area contributed by atoms with Crippen molar-refractivity contribution in [2.75, 3.05) is 20.6 Å². The van der Waals surface area contributed by atoms with Gasteiger partial charge in [0.05, 0.1) is 6.20 Å². The Morgan fingerprint density at radius 2 is 1.75 bits per heavy atom. The molecule has 0 bridgehead atoms. The van der Waals surface area contributed by atoms with Crippen LogP contribution in [0.25, 0.3) is 22.0 Å². The van der Waals surface area contributed by atoms with Crippen LogP contribution in [0.3, 0.4) is 0 Å². The zero-order chi connectivity index (χ0) is 23.0. The van der Waals surface area contributed by atoms with Crippen LogP contribution >= 0.6 is 0 Å². The van der Waals surface area contributed by atoms with Gasteiger partial charge in [0.15, 0.2) is 5.75 Å². The van der Waals surface area contributed by atoms with E-state index in [1.54, 1.807) is 36.3 Å². The number of H-pyrrole nitrogens is 1. The number of nitrogens with one attached hydrogen (secondary N) is 1. The fourth-order valence-corrected chi connectivity index (χ4v) is 3.88. The fourth-order valence-electron chi connectivity index (χ4n) is 3.88. The molecule has 0 aliphatic carbocycles. The molecule has 0 aliphatic heterocycles. The number of para-hydroxylation sites is 1. The van der Waals surface area contributed by atoms with Crippen LogP contribution in [-0.2, 0) is 13.6 Å². The Morgan fingerprint density at radius 3 is 2.44 bits per heavy atom. The van der Waals surface area contributed by atoms with Crippen LogP contribution in [0.1, 0.15) is 11.1 Å². The van der Waals surface area contributed by atoms with Gasteiger partial charge in [0.2, 0.25) is 0 Å². The molecule has 0 radical (unpaired) electrons. The summed E-state index contributed by atoms with van der Waals surface area (Å²) in [5.74, 6) is 1.34. The van der Waals surface area contributed by atoms with Gasteiger partial charge in [-0.2, -0.15) is 0 Å².